The number of thioether (sulfide) groups is 1. The van der Waals surface area contributed by atoms with E-state index in [2.05, 4.69) is 43.9 Å². The third-order valence-electron chi connectivity index (χ3n) is 2.17. The van der Waals surface area contributed by atoms with Gasteiger partial charge < -0.3 is 5.32 Å². The van der Waals surface area contributed by atoms with Crippen molar-refractivity contribution in [2.75, 3.05) is 18.8 Å². The number of aryl methyl sites for hydroxylation is 2. The molecule has 0 aromatic heterocycles. The summed E-state index contributed by atoms with van der Waals surface area (Å²) in [7, 11) is 0. The second kappa shape index (κ2) is 6.70. The minimum absolute atomic E-state index is 0.896. The summed E-state index contributed by atoms with van der Waals surface area (Å²) < 4.78 is 0. The van der Waals surface area contributed by atoms with Gasteiger partial charge in [-0.3, -0.25) is 0 Å². The highest BCUT2D eigenvalue weighted by atomic mass is 32.2. The normalized spacial score (nSPS) is 10.3. The van der Waals surface area contributed by atoms with Crippen LogP contribution in [0.1, 0.15) is 11.1 Å². The molecule has 2 heteroatoms. The van der Waals surface area contributed by atoms with Crippen molar-refractivity contribution >= 4 is 11.8 Å². The lowest BCUT2D eigenvalue weighted by Gasteiger charge is -2.06. The van der Waals surface area contributed by atoms with Gasteiger partial charge in [0.2, 0.25) is 0 Å². The molecule has 0 amide bonds. The third kappa shape index (κ3) is 4.54. The van der Waals surface area contributed by atoms with E-state index >= 15 is 0 Å². The highest BCUT2D eigenvalue weighted by molar-refractivity contribution is 7.99. The lowest BCUT2D eigenvalue weighted by molar-refractivity contribution is 0.807. The molecule has 1 N–H and O–H groups in total. The van der Waals surface area contributed by atoms with Gasteiger partial charge in [-0.2, -0.15) is 0 Å². The first-order valence-corrected chi connectivity index (χ1v) is 6.24. The van der Waals surface area contributed by atoms with Crippen LogP contribution in [-0.4, -0.2) is 18.8 Å². The molecule has 0 spiro atoms. The molecule has 0 radical (unpaired) electrons. The van der Waals surface area contributed by atoms with Crippen LogP contribution in [0, 0.1) is 13.8 Å². The largest absolute Gasteiger partial charge is 0.312 e. The third-order valence-corrected chi connectivity index (χ3v) is 3.33. The Hall–Kier alpha value is -0.730. The average Bonchev–Trinajstić information content (AvgIpc) is 2.23. The van der Waals surface area contributed by atoms with Crippen molar-refractivity contribution in [3.63, 3.8) is 0 Å². The minimum Gasteiger partial charge on any atom is -0.312 e. The summed E-state index contributed by atoms with van der Waals surface area (Å²) in [4.78, 5) is 1.40. The maximum atomic E-state index is 3.67. The predicted octanol–water partition coefficient (Wildman–Crippen LogP) is 3.17. The van der Waals surface area contributed by atoms with Crippen LogP contribution in [0.2, 0.25) is 0 Å². The fraction of sp³-hybridized carbons (Fsp3) is 0.385. The van der Waals surface area contributed by atoms with E-state index in [1.165, 1.54) is 16.0 Å². The highest BCUT2D eigenvalue weighted by Gasteiger charge is 1.98. The van der Waals surface area contributed by atoms with Crippen LogP contribution in [0.3, 0.4) is 0 Å². The van der Waals surface area contributed by atoms with Crippen LogP contribution in [0.4, 0.5) is 0 Å². The summed E-state index contributed by atoms with van der Waals surface area (Å²) >= 11 is 1.91. The quantitative estimate of drug-likeness (QED) is 0.450. The maximum Gasteiger partial charge on any atom is 0.0132 e. The van der Waals surface area contributed by atoms with Gasteiger partial charge in [-0.25, -0.2) is 0 Å². The lowest BCUT2D eigenvalue weighted by atomic mass is 10.2. The van der Waals surface area contributed by atoms with E-state index in [4.69, 9.17) is 0 Å². The van der Waals surface area contributed by atoms with E-state index in [1.807, 2.05) is 17.8 Å². The summed E-state index contributed by atoms with van der Waals surface area (Å²) in [5, 5.41) is 3.30. The van der Waals surface area contributed by atoms with Gasteiger partial charge >= 0.3 is 0 Å². The second-order valence-corrected chi connectivity index (χ2v) is 4.75. The van der Waals surface area contributed by atoms with Crippen LogP contribution in [0.15, 0.2) is 35.7 Å². The SMILES string of the molecule is C=CCNCCSc1cc(C)ccc1C. The number of rotatable bonds is 6. The number of hydrogen-bond donors (Lipinski definition) is 1. The Labute approximate surface area is 97.0 Å². The van der Waals surface area contributed by atoms with Crippen LogP contribution in [-0.2, 0) is 0 Å². The summed E-state index contributed by atoms with van der Waals surface area (Å²) in [6.07, 6.45) is 1.89. The van der Waals surface area contributed by atoms with Crippen LogP contribution >= 0.6 is 11.8 Å². The standard InChI is InChI=1S/C13H19NS/c1-4-7-14-8-9-15-13-10-11(2)5-6-12(13)3/h4-6,10,14H,1,7-9H2,2-3H3. The van der Waals surface area contributed by atoms with Gasteiger partial charge in [0, 0.05) is 23.7 Å². The Morgan fingerprint density at radius 2 is 2.20 bits per heavy atom. The van der Waals surface area contributed by atoms with Gasteiger partial charge in [0.1, 0.15) is 0 Å². The van der Waals surface area contributed by atoms with Crippen molar-refractivity contribution < 1.29 is 0 Å². The molecule has 0 heterocycles. The first kappa shape index (κ1) is 12.3. The molecule has 15 heavy (non-hydrogen) atoms. The zero-order chi connectivity index (χ0) is 11.1. The molecular formula is C13H19NS. The molecule has 0 unspecified atom stereocenters. The molecule has 0 aliphatic rings. The molecule has 0 saturated carbocycles. The first-order chi connectivity index (χ1) is 7.24. The van der Waals surface area contributed by atoms with Gasteiger partial charge in [0.25, 0.3) is 0 Å². The minimum atomic E-state index is 0.896. The molecule has 0 saturated heterocycles. The maximum absolute atomic E-state index is 3.67. The molecule has 0 bridgehead atoms. The predicted molar refractivity (Wildman–Crippen MR) is 69.7 cm³/mol. The van der Waals surface area contributed by atoms with Gasteiger partial charge in [-0.05, 0) is 25.5 Å². The number of hydrogen-bond acceptors (Lipinski definition) is 2. The first-order valence-electron chi connectivity index (χ1n) is 5.25. The van der Waals surface area contributed by atoms with Gasteiger partial charge in [-0.1, -0.05) is 23.8 Å². The smallest absolute Gasteiger partial charge is 0.0132 e. The van der Waals surface area contributed by atoms with Crippen molar-refractivity contribution in [1.29, 1.82) is 0 Å². The zero-order valence-electron chi connectivity index (χ0n) is 9.55. The monoisotopic (exact) mass is 221 g/mol. The van der Waals surface area contributed by atoms with Crippen molar-refractivity contribution in [2.24, 2.45) is 0 Å². The Morgan fingerprint density at radius 1 is 1.40 bits per heavy atom. The van der Waals surface area contributed by atoms with Gasteiger partial charge in [0.15, 0.2) is 0 Å². The number of nitrogens with one attached hydrogen (secondary N) is 1. The van der Waals surface area contributed by atoms with Crippen LogP contribution < -0.4 is 5.32 Å². The van der Waals surface area contributed by atoms with E-state index in [-0.39, 0.29) is 0 Å². The molecule has 1 aromatic carbocycles. The van der Waals surface area contributed by atoms with Crippen molar-refractivity contribution in [1.82, 2.24) is 5.32 Å². The summed E-state index contributed by atoms with van der Waals surface area (Å²) in [5.74, 6) is 1.11. The zero-order valence-corrected chi connectivity index (χ0v) is 10.4. The summed E-state index contributed by atoms with van der Waals surface area (Å²) in [6, 6.07) is 6.61. The molecular weight excluding hydrogens is 202 g/mol. The molecule has 82 valence electrons. The summed E-state index contributed by atoms with van der Waals surface area (Å²) in [6.45, 7) is 9.90. The van der Waals surface area contributed by atoms with Crippen LogP contribution in [0.25, 0.3) is 0 Å². The molecule has 1 aromatic rings. The summed E-state index contributed by atoms with van der Waals surface area (Å²) in [5.41, 5.74) is 2.71. The fourth-order valence-corrected chi connectivity index (χ4v) is 2.33. The van der Waals surface area contributed by atoms with Crippen molar-refractivity contribution in [2.45, 2.75) is 18.7 Å². The molecule has 0 aliphatic carbocycles. The highest BCUT2D eigenvalue weighted by Crippen LogP contribution is 2.22. The molecule has 0 aliphatic heterocycles. The topological polar surface area (TPSA) is 12.0 Å². The molecule has 1 rings (SSSR count). The van der Waals surface area contributed by atoms with E-state index in [1.54, 1.807) is 0 Å². The second-order valence-electron chi connectivity index (χ2n) is 3.61. The van der Waals surface area contributed by atoms with Gasteiger partial charge in [0.05, 0.1) is 0 Å². The lowest BCUT2D eigenvalue weighted by Crippen LogP contribution is -2.16. The van der Waals surface area contributed by atoms with Crippen molar-refractivity contribution in [3.8, 4) is 0 Å². The Bertz CT molecular complexity index is 320. The Kier molecular flexibility index (Phi) is 5.51. The molecule has 0 fully saturated rings. The Morgan fingerprint density at radius 3 is 2.93 bits per heavy atom. The van der Waals surface area contributed by atoms with E-state index in [9.17, 15) is 0 Å². The van der Waals surface area contributed by atoms with Crippen LogP contribution in [0.5, 0.6) is 0 Å². The Balaban J connectivity index is 2.36. The number of benzene rings is 1. The molecule has 1 nitrogen and oxygen atoms in total. The average molecular weight is 221 g/mol. The fourth-order valence-electron chi connectivity index (χ4n) is 1.30. The molecule has 0 atom stereocenters. The van der Waals surface area contributed by atoms with E-state index in [0.29, 0.717) is 0 Å². The van der Waals surface area contributed by atoms with Gasteiger partial charge in [-0.15, -0.1) is 18.3 Å². The van der Waals surface area contributed by atoms with E-state index < -0.39 is 0 Å². The van der Waals surface area contributed by atoms with Crippen molar-refractivity contribution in [3.05, 3.63) is 42.0 Å². The van der Waals surface area contributed by atoms with E-state index in [0.717, 1.165) is 18.8 Å².